The van der Waals surface area contributed by atoms with Gasteiger partial charge in [-0.1, -0.05) is 43.3 Å². The highest BCUT2D eigenvalue weighted by Crippen LogP contribution is 2.20. The smallest absolute Gasteiger partial charge is 0.253 e. The molecule has 1 unspecified atom stereocenters. The third-order valence-corrected chi connectivity index (χ3v) is 4.65. The molecular formula is C21H24N2O2. The van der Waals surface area contributed by atoms with E-state index in [0.717, 1.165) is 31.5 Å². The van der Waals surface area contributed by atoms with Gasteiger partial charge in [0.15, 0.2) is 0 Å². The summed E-state index contributed by atoms with van der Waals surface area (Å²) in [5.74, 6) is 0.156. The van der Waals surface area contributed by atoms with Crippen molar-refractivity contribution in [2.24, 2.45) is 0 Å². The maximum absolute atomic E-state index is 12.5. The molecule has 4 heteroatoms. The monoisotopic (exact) mass is 336 g/mol. The SMILES string of the molecule is CC(CC(=O)Nc1cccc(C(=O)N2CCCC2)c1)c1ccccc1. The second kappa shape index (κ2) is 7.97. The summed E-state index contributed by atoms with van der Waals surface area (Å²) in [6.07, 6.45) is 2.55. The summed E-state index contributed by atoms with van der Waals surface area (Å²) in [4.78, 5) is 26.7. The van der Waals surface area contributed by atoms with Gasteiger partial charge in [0, 0.05) is 30.8 Å². The molecule has 1 aliphatic rings. The van der Waals surface area contributed by atoms with Gasteiger partial charge in [-0.2, -0.15) is 0 Å². The molecule has 130 valence electrons. The lowest BCUT2D eigenvalue weighted by Crippen LogP contribution is -2.27. The Morgan fingerprint density at radius 2 is 1.76 bits per heavy atom. The standard InChI is InChI=1S/C21H24N2O2/c1-16(17-8-3-2-4-9-17)14-20(24)22-19-11-7-10-18(15-19)21(25)23-12-5-6-13-23/h2-4,7-11,15-16H,5-6,12-14H2,1H3,(H,22,24). The van der Waals surface area contributed by atoms with Crippen molar-refractivity contribution in [3.63, 3.8) is 0 Å². The molecule has 0 saturated carbocycles. The van der Waals surface area contributed by atoms with E-state index in [9.17, 15) is 9.59 Å². The Kier molecular flexibility index (Phi) is 5.49. The van der Waals surface area contributed by atoms with E-state index >= 15 is 0 Å². The second-order valence-electron chi connectivity index (χ2n) is 6.64. The van der Waals surface area contributed by atoms with Crippen molar-refractivity contribution in [1.82, 2.24) is 4.90 Å². The van der Waals surface area contributed by atoms with Crippen molar-refractivity contribution in [3.8, 4) is 0 Å². The van der Waals surface area contributed by atoms with Crippen LogP contribution in [0.4, 0.5) is 5.69 Å². The number of benzene rings is 2. The average molecular weight is 336 g/mol. The van der Waals surface area contributed by atoms with Crippen LogP contribution < -0.4 is 5.32 Å². The fourth-order valence-corrected chi connectivity index (χ4v) is 3.22. The molecule has 1 heterocycles. The lowest BCUT2D eigenvalue weighted by atomic mass is 9.97. The fourth-order valence-electron chi connectivity index (χ4n) is 3.22. The first-order valence-corrected chi connectivity index (χ1v) is 8.87. The molecule has 4 nitrogen and oxygen atoms in total. The maximum atomic E-state index is 12.5. The van der Waals surface area contributed by atoms with Gasteiger partial charge in [-0.05, 0) is 42.5 Å². The molecule has 2 aromatic carbocycles. The van der Waals surface area contributed by atoms with Crippen molar-refractivity contribution in [2.45, 2.75) is 32.1 Å². The van der Waals surface area contributed by atoms with Crippen molar-refractivity contribution in [1.29, 1.82) is 0 Å². The highest BCUT2D eigenvalue weighted by atomic mass is 16.2. The Morgan fingerprint density at radius 3 is 2.48 bits per heavy atom. The molecule has 1 aliphatic heterocycles. The Bertz CT molecular complexity index is 737. The minimum Gasteiger partial charge on any atom is -0.339 e. The van der Waals surface area contributed by atoms with E-state index in [1.165, 1.54) is 0 Å². The Balaban J connectivity index is 1.61. The quantitative estimate of drug-likeness (QED) is 0.895. The van der Waals surface area contributed by atoms with Crippen LogP contribution in [0.3, 0.4) is 0 Å². The Hall–Kier alpha value is -2.62. The molecule has 25 heavy (non-hydrogen) atoms. The number of hydrogen-bond acceptors (Lipinski definition) is 2. The molecule has 1 atom stereocenters. The van der Waals surface area contributed by atoms with Gasteiger partial charge in [0.1, 0.15) is 0 Å². The summed E-state index contributed by atoms with van der Waals surface area (Å²) >= 11 is 0. The van der Waals surface area contributed by atoms with E-state index in [1.54, 1.807) is 6.07 Å². The van der Waals surface area contributed by atoms with Crippen LogP contribution in [0.1, 0.15) is 48.0 Å². The predicted octanol–water partition coefficient (Wildman–Crippen LogP) is 4.05. The molecule has 3 rings (SSSR count). The number of likely N-dealkylation sites (tertiary alicyclic amines) is 1. The number of carbonyl (C=O) groups excluding carboxylic acids is 2. The van der Waals surface area contributed by atoms with Gasteiger partial charge >= 0.3 is 0 Å². The molecule has 0 bridgehead atoms. The minimum atomic E-state index is -0.0397. The molecule has 2 aromatic rings. The van der Waals surface area contributed by atoms with Crippen molar-refractivity contribution < 1.29 is 9.59 Å². The van der Waals surface area contributed by atoms with Crippen molar-refractivity contribution >= 4 is 17.5 Å². The van der Waals surface area contributed by atoms with Crippen LogP contribution in [0, 0.1) is 0 Å². The minimum absolute atomic E-state index is 0.0397. The number of rotatable bonds is 5. The number of anilines is 1. The summed E-state index contributed by atoms with van der Waals surface area (Å²) < 4.78 is 0. The van der Waals surface area contributed by atoms with Gasteiger partial charge in [0.25, 0.3) is 5.91 Å². The molecule has 0 aromatic heterocycles. The van der Waals surface area contributed by atoms with Crippen LogP contribution in [0.15, 0.2) is 54.6 Å². The van der Waals surface area contributed by atoms with Gasteiger partial charge in [-0.25, -0.2) is 0 Å². The molecule has 1 N–H and O–H groups in total. The number of amides is 2. The van der Waals surface area contributed by atoms with Crippen LogP contribution in [-0.4, -0.2) is 29.8 Å². The van der Waals surface area contributed by atoms with Gasteiger partial charge < -0.3 is 10.2 Å². The first-order chi connectivity index (χ1) is 12.1. The predicted molar refractivity (Wildman–Crippen MR) is 99.7 cm³/mol. The van der Waals surface area contributed by atoms with Crippen LogP contribution in [0.25, 0.3) is 0 Å². The van der Waals surface area contributed by atoms with Crippen molar-refractivity contribution in [3.05, 3.63) is 65.7 Å². The Labute approximate surface area is 148 Å². The number of nitrogens with one attached hydrogen (secondary N) is 1. The zero-order valence-corrected chi connectivity index (χ0v) is 14.6. The van der Waals surface area contributed by atoms with Crippen molar-refractivity contribution in [2.75, 3.05) is 18.4 Å². The first kappa shape index (κ1) is 17.2. The van der Waals surface area contributed by atoms with Crippen LogP contribution >= 0.6 is 0 Å². The van der Waals surface area contributed by atoms with Gasteiger partial charge in [0.05, 0.1) is 0 Å². The molecule has 1 fully saturated rings. The van der Waals surface area contributed by atoms with Gasteiger partial charge in [-0.3, -0.25) is 9.59 Å². The summed E-state index contributed by atoms with van der Waals surface area (Å²) in [5.41, 5.74) is 2.46. The van der Waals surface area contributed by atoms with Crippen LogP contribution in [0.2, 0.25) is 0 Å². The average Bonchev–Trinajstić information content (AvgIpc) is 3.16. The molecule has 0 radical (unpaired) electrons. The van der Waals surface area contributed by atoms with E-state index in [1.807, 2.05) is 60.4 Å². The van der Waals surface area contributed by atoms with Crippen LogP contribution in [-0.2, 0) is 4.79 Å². The van der Waals surface area contributed by atoms with Gasteiger partial charge in [0.2, 0.25) is 5.91 Å². The normalized spacial score (nSPS) is 15.0. The topological polar surface area (TPSA) is 49.4 Å². The highest BCUT2D eigenvalue weighted by Gasteiger charge is 2.19. The summed E-state index contributed by atoms with van der Waals surface area (Å²) in [5, 5.41) is 2.92. The molecule has 2 amide bonds. The Morgan fingerprint density at radius 1 is 1.04 bits per heavy atom. The molecule has 0 spiro atoms. The lowest BCUT2D eigenvalue weighted by molar-refractivity contribution is -0.116. The fraction of sp³-hybridized carbons (Fsp3) is 0.333. The summed E-state index contributed by atoms with van der Waals surface area (Å²) in [6.45, 7) is 3.69. The third kappa shape index (κ3) is 4.47. The summed E-state index contributed by atoms with van der Waals surface area (Å²) in [6, 6.07) is 17.2. The zero-order chi connectivity index (χ0) is 17.6. The zero-order valence-electron chi connectivity index (χ0n) is 14.6. The highest BCUT2D eigenvalue weighted by molar-refractivity contribution is 5.97. The maximum Gasteiger partial charge on any atom is 0.253 e. The number of hydrogen-bond donors (Lipinski definition) is 1. The molecule has 1 saturated heterocycles. The van der Waals surface area contributed by atoms with E-state index < -0.39 is 0 Å². The van der Waals surface area contributed by atoms with E-state index in [-0.39, 0.29) is 17.7 Å². The van der Waals surface area contributed by atoms with E-state index in [0.29, 0.717) is 17.7 Å². The second-order valence-corrected chi connectivity index (χ2v) is 6.64. The first-order valence-electron chi connectivity index (χ1n) is 8.87. The molecule has 0 aliphatic carbocycles. The number of nitrogens with zero attached hydrogens (tertiary/aromatic N) is 1. The molecular weight excluding hydrogens is 312 g/mol. The lowest BCUT2D eigenvalue weighted by Gasteiger charge is -2.16. The summed E-state index contributed by atoms with van der Waals surface area (Å²) in [7, 11) is 0. The van der Waals surface area contributed by atoms with E-state index in [2.05, 4.69) is 5.32 Å². The van der Waals surface area contributed by atoms with Gasteiger partial charge in [-0.15, -0.1) is 0 Å². The third-order valence-electron chi connectivity index (χ3n) is 4.65. The van der Waals surface area contributed by atoms with E-state index in [4.69, 9.17) is 0 Å². The number of carbonyl (C=O) groups is 2. The van der Waals surface area contributed by atoms with Crippen LogP contribution in [0.5, 0.6) is 0 Å². The largest absolute Gasteiger partial charge is 0.339 e.